The van der Waals surface area contributed by atoms with Crippen LogP contribution in [-0.4, -0.2) is 30.6 Å². The fourth-order valence-corrected chi connectivity index (χ4v) is 3.06. The minimum Gasteiger partial charge on any atom is -0.317 e. The molecule has 0 aliphatic carbocycles. The summed E-state index contributed by atoms with van der Waals surface area (Å²) < 4.78 is 14.8. The smallest absolute Gasteiger partial charge is 0.128 e. The minimum atomic E-state index is -0.115. The lowest BCUT2D eigenvalue weighted by atomic mass is 9.96. The molecule has 112 valence electrons. The number of hydrogen-bond acceptors (Lipinski definition) is 2. The first-order chi connectivity index (χ1) is 9.56. The second kappa shape index (κ2) is 7.53. The molecule has 0 saturated carbocycles. The summed E-state index contributed by atoms with van der Waals surface area (Å²) in [5, 5.41) is 3.40. The van der Waals surface area contributed by atoms with E-state index in [4.69, 9.17) is 0 Å². The molecule has 1 N–H and O–H groups in total. The first kappa shape index (κ1) is 15.9. The largest absolute Gasteiger partial charge is 0.317 e. The summed E-state index contributed by atoms with van der Waals surface area (Å²) in [6, 6.07) is 5.80. The van der Waals surface area contributed by atoms with Crippen LogP contribution in [0.1, 0.15) is 32.3 Å². The van der Waals surface area contributed by atoms with Gasteiger partial charge in [0.05, 0.1) is 0 Å². The Hall–Kier alpha value is -0.450. The van der Waals surface area contributed by atoms with Gasteiger partial charge in [-0.25, -0.2) is 4.39 Å². The molecule has 2 rings (SSSR count). The van der Waals surface area contributed by atoms with Crippen molar-refractivity contribution in [3.63, 3.8) is 0 Å². The van der Waals surface area contributed by atoms with Crippen LogP contribution >= 0.6 is 15.9 Å². The minimum absolute atomic E-state index is 0.115. The standard InChI is InChI=1S/C16H24BrFN2/c1-12(2)20(10-13-5-7-19-8-6-13)11-14-3-4-15(17)9-16(14)18/h3-4,9,12-13,19H,5-8,10-11H2,1-2H3. The van der Waals surface area contributed by atoms with E-state index >= 15 is 0 Å². The second-order valence-electron chi connectivity index (χ2n) is 5.95. The van der Waals surface area contributed by atoms with Crippen LogP contribution in [0, 0.1) is 11.7 Å². The van der Waals surface area contributed by atoms with Gasteiger partial charge >= 0.3 is 0 Å². The first-order valence-corrected chi connectivity index (χ1v) is 8.24. The van der Waals surface area contributed by atoms with Crippen molar-refractivity contribution in [1.29, 1.82) is 0 Å². The van der Waals surface area contributed by atoms with Crippen molar-refractivity contribution in [3.05, 3.63) is 34.1 Å². The van der Waals surface area contributed by atoms with Crippen molar-refractivity contribution in [2.24, 2.45) is 5.92 Å². The Labute approximate surface area is 129 Å². The molecule has 1 saturated heterocycles. The number of hydrogen-bond donors (Lipinski definition) is 1. The molecule has 1 fully saturated rings. The zero-order chi connectivity index (χ0) is 14.5. The van der Waals surface area contributed by atoms with Crippen molar-refractivity contribution < 1.29 is 4.39 Å². The van der Waals surface area contributed by atoms with E-state index in [0.29, 0.717) is 12.6 Å². The van der Waals surface area contributed by atoms with Gasteiger partial charge in [0.25, 0.3) is 0 Å². The number of benzene rings is 1. The summed E-state index contributed by atoms with van der Waals surface area (Å²) >= 11 is 3.31. The van der Waals surface area contributed by atoms with Crippen LogP contribution in [-0.2, 0) is 6.54 Å². The van der Waals surface area contributed by atoms with Gasteiger partial charge in [-0.2, -0.15) is 0 Å². The van der Waals surface area contributed by atoms with Gasteiger partial charge in [0.1, 0.15) is 5.82 Å². The van der Waals surface area contributed by atoms with Crippen molar-refractivity contribution in [3.8, 4) is 0 Å². The van der Waals surface area contributed by atoms with E-state index in [0.717, 1.165) is 35.6 Å². The second-order valence-corrected chi connectivity index (χ2v) is 6.87. The van der Waals surface area contributed by atoms with Gasteiger partial charge < -0.3 is 5.32 Å². The van der Waals surface area contributed by atoms with Gasteiger partial charge in [0.15, 0.2) is 0 Å². The molecule has 1 heterocycles. The number of nitrogens with one attached hydrogen (secondary N) is 1. The van der Waals surface area contributed by atoms with Crippen LogP contribution in [0.4, 0.5) is 4.39 Å². The van der Waals surface area contributed by atoms with E-state index < -0.39 is 0 Å². The summed E-state index contributed by atoms with van der Waals surface area (Å²) in [5.41, 5.74) is 0.788. The number of nitrogens with zero attached hydrogens (tertiary/aromatic N) is 1. The molecule has 0 atom stereocenters. The number of rotatable bonds is 5. The molecule has 2 nitrogen and oxygen atoms in total. The van der Waals surface area contributed by atoms with Crippen LogP contribution in [0.2, 0.25) is 0 Å². The summed E-state index contributed by atoms with van der Waals surface area (Å²) in [4.78, 5) is 2.39. The van der Waals surface area contributed by atoms with E-state index in [-0.39, 0.29) is 5.82 Å². The van der Waals surface area contributed by atoms with E-state index in [2.05, 4.69) is 40.0 Å². The maximum atomic E-state index is 14.0. The number of halogens is 2. The molecule has 0 radical (unpaired) electrons. The highest BCUT2D eigenvalue weighted by molar-refractivity contribution is 9.10. The lowest BCUT2D eigenvalue weighted by Gasteiger charge is -2.32. The first-order valence-electron chi connectivity index (χ1n) is 7.45. The third kappa shape index (κ3) is 4.54. The van der Waals surface area contributed by atoms with E-state index in [1.54, 1.807) is 6.07 Å². The third-order valence-corrected chi connectivity index (χ3v) is 4.56. The highest BCUT2D eigenvalue weighted by Gasteiger charge is 2.20. The fourth-order valence-electron chi connectivity index (χ4n) is 2.72. The lowest BCUT2D eigenvalue weighted by Crippen LogP contribution is -2.39. The van der Waals surface area contributed by atoms with E-state index in [1.807, 2.05) is 12.1 Å². The Morgan fingerprint density at radius 2 is 2.05 bits per heavy atom. The highest BCUT2D eigenvalue weighted by atomic mass is 79.9. The predicted molar refractivity (Wildman–Crippen MR) is 85.2 cm³/mol. The number of piperidine rings is 1. The van der Waals surface area contributed by atoms with E-state index in [1.165, 1.54) is 12.8 Å². The van der Waals surface area contributed by atoms with Crippen LogP contribution in [0.5, 0.6) is 0 Å². The van der Waals surface area contributed by atoms with Crippen LogP contribution in [0.15, 0.2) is 22.7 Å². The molecule has 0 bridgehead atoms. The van der Waals surface area contributed by atoms with Gasteiger partial charge in [-0.15, -0.1) is 0 Å². The molecule has 1 aromatic rings. The Kier molecular flexibility index (Phi) is 6.00. The third-order valence-electron chi connectivity index (χ3n) is 4.07. The van der Waals surface area contributed by atoms with Gasteiger partial charge in [-0.1, -0.05) is 22.0 Å². The molecule has 4 heteroatoms. The maximum absolute atomic E-state index is 14.0. The quantitative estimate of drug-likeness (QED) is 0.875. The molecule has 1 aliphatic rings. The zero-order valence-electron chi connectivity index (χ0n) is 12.3. The molecular weight excluding hydrogens is 319 g/mol. The van der Waals surface area contributed by atoms with Crippen molar-refractivity contribution in [2.75, 3.05) is 19.6 Å². The summed E-state index contributed by atoms with van der Waals surface area (Å²) in [5.74, 6) is 0.618. The van der Waals surface area contributed by atoms with Crippen LogP contribution < -0.4 is 5.32 Å². The molecule has 0 amide bonds. The van der Waals surface area contributed by atoms with Gasteiger partial charge in [-0.3, -0.25) is 4.90 Å². The van der Waals surface area contributed by atoms with Crippen LogP contribution in [0.3, 0.4) is 0 Å². The molecule has 0 spiro atoms. The fraction of sp³-hybridized carbons (Fsp3) is 0.625. The zero-order valence-corrected chi connectivity index (χ0v) is 13.9. The van der Waals surface area contributed by atoms with Crippen molar-refractivity contribution >= 4 is 15.9 Å². The Balaban J connectivity index is 2.01. The van der Waals surface area contributed by atoms with Gasteiger partial charge in [0, 0.05) is 29.2 Å². The highest BCUT2D eigenvalue weighted by Crippen LogP contribution is 2.20. The predicted octanol–water partition coefficient (Wildman–Crippen LogP) is 3.80. The molecule has 20 heavy (non-hydrogen) atoms. The normalized spacial score (nSPS) is 17.1. The van der Waals surface area contributed by atoms with Crippen molar-refractivity contribution in [2.45, 2.75) is 39.3 Å². The average molecular weight is 343 g/mol. The maximum Gasteiger partial charge on any atom is 0.128 e. The summed E-state index contributed by atoms with van der Waals surface area (Å²) in [6.07, 6.45) is 2.46. The SMILES string of the molecule is CC(C)N(Cc1ccc(Br)cc1F)CC1CCNCC1. The monoisotopic (exact) mass is 342 g/mol. The molecule has 1 aliphatic heterocycles. The molecule has 1 aromatic carbocycles. The Bertz CT molecular complexity index is 430. The molecule has 0 unspecified atom stereocenters. The lowest BCUT2D eigenvalue weighted by molar-refractivity contribution is 0.160. The molecular formula is C16H24BrFN2. The summed E-state index contributed by atoms with van der Waals surface area (Å²) in [7, 11) is 0. The summed E-state index contributed by atoms with van der Waals surface area (Å²) in [6.45, 7) is 8.37. The molecule has 0 aromatic heterocycles. The topological polar surface area (TPSA) is 15.3 Å². The Morgan fingerprint density at radius 3 is 2.65 bits per heavy atom. The van der Waals surface area contributed by atoms with Gasteiger partial charge in [-0.05, 0) is 57.8 Å². The Morgan fingerprint density at radius 1 is 1.35 bits per heavy atom. The van der Waals surface area contributed by atoms with Crippen LogP contribution in [0.25, 0.3) is 0 Å². The van der Waals surface area contributed by atoms with Gasteiger partial charge in [0.2, 0.25) is 0 Å². The average Bonchev–Trinajstić information content (AvgIpc) is 2.42. The van der Waals surface area contributed by atoms with E-state index in [9.17, 15) is 4.39 Å². The van der Waals surface area contributed by atoms with Crippen molar-refractivity contribution in [1.82, 2.24) is 10.2 Å².